The van der Waals surface area contributed by atoms with Crippen LogP contribution in [-0.2, 0) is 4.79 Å². The van der Waals surface area contributed by atoms with Gasteiger partial charge in [-0.1, -0.05) is 0 Å². The average Bonchev–Trinajstić information content (AvgIpc) is 2.74. The highest BCUT2D eigenvalue weighted by Gasteiger charge is 2.33. The molecular weight excluding hydrogens is 232 g/mol. The summed E-state index contributed by atoms with van der Waals surface area (Å²) in [6.07, 6.45) is -1.78. The van der Waals surface area contributed by atoms with Crippen LogP contribution in [-0.4, -0.2) is 60.4 Å². The lowest BCUT2D eigenvalue weighted by Crippen LogP contribution is -2.48. The van der Waals surface area contributed by atoms with Gasteiger partial charge in [0, 0.05) is 32.2 Å². The van der Waals surface area contributed by atoms with Gasteiger partial charge >= 0.3 is 12.5 Å². The number of carbonyl (C=O) groups is 2. The Hall–Kier alpha value is -1.40. The highest BCUT2D eigenvalue weighted by atomic mass is 19.3. The third-order valence-electron chi connectivity index (χ3n) is 3.29. The maximum absolute atomic E-state index is 12.2. The van der Waals surface area contributed by atoms with Crippen molar-refractivity contribution in [2.24, 2.45) is 0 Å². The molecule has 0 aliphatic carbocycles. The van der Waals surface area contributed by atoms with Crippen LogP contribution in [0.15, 0.2) is 0 Å². The van der Waals surface area contributed by atoms with Crippen LogP contribution in [0.5, 0.6) is 0 Å². The van der Waals surface area contributed by atoms with Crippen molar-refractivity contribution in [2.45, 2.75) is 25.3 Å². The molecule has 0 saturated carbocycles. The Labute approximate surface area is 97.7 Å². The van der Waals surface area contributed by atoms with Gasteiger partial charge in [-0.3, -0.25) is 4.79 Å². The van der Waals surface area contributed by atoms with Crippen molar-refractivity contribution in [1.82, 2.24) is 15.1 Å². The fourth-order valence-electron chi connectivity index (χ4n) is 2.37. The van der Waals surface area contributed by atoms with Gasteiger partial charge < -0.3 is 15.1 Å². The quantitative estimate of drug-likeness (QED) is 0.761. The topological polar surface area (TPSA) is 52.7 Å². The first-order chi connectivity index (χ1) is 8.09. The van der Waals surface area contributed by atoms with Gasteiger partial charge in [0.15, 0.2) is 0 Å². The Morgan fingerprint density at radius 1 is 1.29 bits per heavy atom. The highest BCUT2D eigenvalue weighted by Crippen LogP contribution is 2.19. The van der Waals surface area contributed by atoms with Crippen molar-refractivity contribution in [3.63, 3.8) is 0 Å². The summed E-state index contributed by atoms with van der Waals surface area (Å²) in [6.45, 7) is 1.90. The molecule has 2 heterocycles. The molecule has 0 aromatic rings. The van der Waals surface area contributed by atoms with E-state index in [1.807, 2.05) is 0 Å². The van der Waals surface area contributed by atoms with Crippen LogP contribution in [0.25, 0.3) is 0 Å². The van der Waals surface area contributed by atoms with E-state index in [1.54, 1.807) is 4.90 Å². The minimum Gasteiger partial charge on any atom is -0.338 e. The van der Waals surface area contributed by atoms with E-state index in [-0.39, 0.29) is 12.1 Å². The molecule has 2 fully saturated rings. The maximum Gasteiger partial charge on any atom is 0.317 e. The van der Waals surface area contributed by atoms with E-state index in [4.69, 9.17) is 0 Å². The van der Waals surface area contributed by atoms with E-state index in [9.17, 15) is 18.4 Å². The molecule has 0 atom stereocenters. The standard InChI is InChI=1S/C10H15F2N3O2/c11-8(12)9(16)14-4-1-7(2-5-14)15-6-3-13-10(15)17/h7-8H,1-6H2,(H,13,17). The summed E-state index contributed by atoms with van der Waals surface area (Å²) in [5.41, 5.74) is 0. The van der Waals surface area contributed by atoms with E-state index in [0.717, 1.165) is 0 Å². The second kappa shape index (κ2) is 4.85. The third-order valence-corrected chi connectivity index (χ3v) is 3.29. The van der Waals surface area contributed by atoms with Gasteiger partial charge in [0.1, 0.15) is 0 Å². The molecular formula is C10H15F2N3O2. The predicted molar refractivity (Wildman–Crippen MR) is 55.7 cm³/mol. The van der Waals surface area contributed by atoms with Crippen LogP contribution in [0, 0.1) is 0 Å². The number of nitrogens with one attached hydrogen (secondary N) is 1. The molecule has 0 bridgehead atoms. The van der Waals surface area contributed by atoms with Gasteiger partial charge in [0.25, 0.3) is 5.91 Å². The second-order valence-corrected chi connectivity index (χ2v) is 4.28. The number of urea groups is 1. The predicted octanol–water partition coefficient (Wildman–Crippen LogP) is 0.268. The fraction of sp³-hybridized carbons (Fsp3) is 0.800. The van der Waals surface area contributed by atoms with Crippen LogP contribution in [0.4, 0.5) is 13.6 Å². The highest BCUT2D eigenvalue weighted by molar-refractivity contribution is 5.79. The van der Waals surface area contributed by atoms with Gasteiger partial charge in [0.2, 0.25) is 0 Å². The molecule has 96 valence electrons. The molecule has 2 rings (SSSR count). The average molecular weight is 247 g/mol. The van der Waals surface area contributed by atoms with Gasteiger partial charge in [-0.15, -0.1) is 0 Å². The molecule has 0 spiro atoms. The molecule has 0 aromatic heterocycles. The van der Waals surface area contributed by atoms with E-state index < -0.39 is 12.3 Å². The number of carbonyl (C=O) groups excluding carboxylic acids is 2. The molecule has 5 nitrogen and oxygen atoms in total. The van der Waals surface area contributed by atoms with Gasteiger partial charge in [-0.05, 0) is 12.8 Å². The Balaban J connectivity index is 1.85. The van der Waals surface area contributed by atoms with E-state index in [2.05, 4.69) is 5.32 Å². The van der Waals surface area contributed by atoms with Crippen LogP contribution >= 0.6 is 0 Å². The number of rotatable bonds is 2. The van der Waals surface area contributed by atoms with Crippen molar-refractivity contribution in [3.05, 3.63) is 0 Å². The number of likely N-dealkylation sites (tertiary alicyclic amines) is 1. The number of nitrogens with zero attached hydrogens (tertiary/aromatic N) is 2. The van der Waals surface area contributed by atoms with E-state index >= 15 is 0 Å². The lowest BCUT2D eigenvalue weighted by Gasteiger charge is -2.35. The molecule has 2 saturated heterocycles. The summed E-state index contributed by atoms with van der Waals surface area (Å²) >= 11 is 0. The smallest absolute Gasteiger partial charge is 0.317 e. The summed E-state index contributed by atoms with van der Waals surface area (Å²) in [6, 6.07) is -0.0251. The zero-order valence-electron chi connectivity index (χ0n) is 9.36. The van der Waals surface area contributed by atoms with Crippen molar-refractivity contribution in [3.8, 4) is 0 Å². The molecule has 0 radical (unpaired) electrons. The molecule has 0 unspecified atom stereocenters. The van der Waals surface area contributed by atoms with Gasteiger partial charge in [0.05, 0.1) is 0 Å². The summed E-state index contributed by atoms with van der Waals surface area (Å²) in [4.78, 5) is 25.4. The zero-order chi connectivity index (χ0) is 12.4. The Bertz CT molecular complexity index is 317. The molecule has 2 aliphatic rings. The van der Waals surface area contributed by atoms with E-state index in [0.29, 0.717) is 39.0 Å². The number of amides is 3. The number of halogens is 2. The number of alkyl halides is 2. The fourth-order valence-corrected chi connectivity index (χ4v) is 2.37. The van der Waals surface area contributed by atoms with Crippen LogP contribution in [0.3, 0.4) is 0 Å². The normalized spacial score (nSPS) is 22.2. The lowest BCUT2D eigenvalue weighted by molar-refractivity contribution is -0.144. The number of hydrogen-bond donors (Lipinski definition) is 1. The molecule has 2 aliphatic heterocycles. The first kappa shape index (κ1) is 12.1. The van der Waals surface area contributed by atoms with Crippen molar-refractivity contribution < 1.29 is 18.4 Å². The number of piperidine rings is 1. The third kappa shape index (κ3) is 2.48. The first-order valence-corrected chi connectivity index (χ1v) is 5.71. The van der Waals surface area contributed by atoms with Gasteiger partial charge in [-0.2, -0.15) is 8.78 Å². The van der Waals surface area contributed by atoms with Gasteiger partial charge in [-0.25, -0.2) is 4.79 Å². The molecule has 17 heavy (non-hydrogen) atoms. The zero-order valence-corrected chi connectivity index (χ0v) is 9.36. The summed E-state index contributed by atoms with van der Waals surface area (Å²) in [5, 5.41) is 2.71. The number of hydrogen-bond acceptors (Lipinski definition) is 2. The van der Waals surface area contributed by atoms with Crippen molar-refractivity contribution in [2.75, 3.05) is 26.2 Å². The van der Waals surface area contributed by atoms with Crippen molar-refractivity contribution >= 4 is 11.9 Å². The summed E-state index contributed by atoms with van der Waals surface area (Å²) in [5.74, 6) is -1.10. The minimum atomic E-state index is -2.93. The summed E-state index contributed by atoms with van der Waals surface area (Å²) in [7, 11) is 0. The van der Waals surface area contributed by atoms with Crippen molar-refractivity contribution in [1.29, 1.82) is 0 Å². The Morgan fingerprint density at radius 3 is 2.41 bits per heavy atom. The molecule has 7 heteroatoms. The second-order valence-electron chi connectivity index (χ2n) is 4.28. The van der Waals surface area contributed by atoms with Crippen LogP contribution in [0.1, 0.15) is 12.8 Å². The van der Waals surface area contributed by atoms with Crippen LogP contribution in [0.2, 0.25) is 0 Å². The van der Waals surface area contributed by atoms with E-state index in [1.165, 1.54) is 4.90 Å². The minimum absolute atomic E-state index is 0.0687. The molecule has 1 N–H and O–H groups in total. The monoisotopic (exact) mass is 247 g/mol. The largest absolute Gasteiger partial charge is 0.338 e. The molecule has 0 aromatic carbocycles. The molecule has 3 amide bonds. The Kier molecular flexibility index (Phi) is 3.44. The SMILES string of the molecule is O=C(C(F)F)N1CCC(N2CCNC2=O)CC1. The Morgan fingerprint density at radius 2 is 1.94 bits per heavy atom. The maximum atomic E-state index is 12.2. The van der Waals surface area contributed by atoms with Crippen LogP contribution < -0.4 is 5.32 Å². The summed E-state index contributed by atoms with van der Waals surface area (Å²) < 4.78 is 24.4. The lowest BCUT2D eigenvalue weighted by atomic mass is 10.0. The first-order valence-electron chi connectivity index (χ1n) is 5.71.